The van der Waals surface area contributed by atoms with E-state index in [0.29, 0.717) is 13.2 Å². The molecule has 10 atom stereocenters. The molecule has 0 radical (unpaired) electrons. The fraction of sp³-hybridized carbons (Fsp3) is 1.00. The molecule has 6 unspecified atom stereocenters. The minimum Gasteiger partial charge on any atom is -0.415 e. The standard InChI is InChI=1S/C36H86O11Si8/c1-48(2,3)37-25-27-29(42-50(7,8)9)31(44-52(13,14)15)33(46-54(19,20)21)35(39-27)41-36-34(47-55(22,23)24)32(45-53(16,17)18)30(43-51(10,11)12)28(40-36)26-38-49(4,5)6/h27-36H,25-26H2,1-24H3/t27?,28?,29-,30-,31?,32?,33?,34?,35-,36-/m1/s1. The predicted molar refractivity (Wildman–Crippen MR) is 246 cm³/mol. The lowest BCUT2D eigenvalue weighted by Gasteiger charge is -2.54. The van der Waals surface area contributed by atoms with Gasteiger partial charge >= 0.3 is 0 Å². The Morgan fingerprint density at radius 1 is 0.291 bits per heavy atom. The molecular weight excluding hydrogens is 833 g/mol. The number of hydrogen-bond donors (Lipinski definition) is 0. The normalized spacial score (nSPS) is 31.2. The molecule has 2 aliphatic heterocycles. The van der Waals surface area contributed by atoms with E-state index >= 15 is 0 Å². The van der Waals surface area contributed by atoms with Crippen LogP contribution in [0.15, 0.2) is 0 Å². The minimum atomic E-state index is -2.22. The van der Waals surface area contributed by atoms with Crippen molar-refractivity contribution in [2.45, 2.75) is 219 Å². The van der Waals surface area contributed by atoms with Gasteiger partial charge in [0.1, 0.15) is 48.8 Å². The summed E-state index contributed by atoms with van der Waals surface area (Å²) >= 11 is 0. The molecule has 0 aromatic carbocycles. The lowest BCUT2D eigenvalue weighted by molar-refractivity contribution is -0.368. The highest BCUT2D eigenvalue weighted by Gasteiger charge is 2.57. The van der Waals surface area contributed by atoms with Gasteiger partial charge in [0.05, 0.1) is 13.2 Å². The molecule has 0 N–H and O–H groups in total. The number of hydrogen-bond acceptors (Lipinski definition) is 11. The molecule has 0 aromatic rings. The Morgan fingerprint density at radius 3 is 0.727 bits per heavy atom. The van der Waals surface area contributed by atoms with E-state index in [2.05, 4.69) is 157 Å². The van der Waals surface area contributed by atoms with Gasteiger partial charge in [-0.1, -0.05) is 0 Å². The summed E-state index contributed by atoms with van der Waals surface area (Å²) in [6, 6.07) is 0. The Labute approximate surface area is 346 Å². The maximum Gasteiger partial charge on any atom is 0.188 e. The Balaban J connectivity index is 2.88. The van der Waals surface area contributed by atoms with Crippen LogP contribution in [-0.2, 0) is 49.6 Å². The Morgan fingerprint density at radius 2 is 0.509 bits per heavy atom. The van der Waals surface area contributed by atoms with E-state index in [1.165, 1.54) is 0 Å². The summed E-state index contributed by atoms with van der Waals surface area (Å²) < 4.78 is 77.3. The lowest BCUT2D eigenvalue weighted by atomic mass is 9.98. The zero-order chi connectivity index (χ0) is 43.0. The number of ether oxygens (including phenoxy) is 3. The molecule has 0 aromatic heterocycles. The smallest absolute Gasteiger partial charge is 0.188 e. The Bertz CT molecular complexity index is 1090. The highest BCUT2D eigenvalue weighted by atomic mass is 28.4. The lowest BCUT2D eigenvalue weighted by Crippen LogP contribution is -2.69. The van der Waals surface area contributed by atoms with Crippen molar-refractivity contribution in [3.05, 3.63) is 0 Å². The van der Waals surface area contributed by atoms with Gasteiger partial charge in [-0.15, -0.1) is 0 Å². The molecular formula is C36H86O11Si8. The third-order valence-corrected chi connectivity index (χ3v) is 15.7. The predicted octanol–water partition coefficient (Wildman–Crippen LogP) is 9.48. The van der Waals surface area contributed by atoms with Gasteiger partial charge in [0.25, 0.3) is 0 Å². The monoisotopic (exact) mass is 918 g/mol. The van der Waals surface area contributed by atoms with Crippen LogP contribution in [-0.4, -0.2) is 141 Å². The van der Waals surface area contributed by atoms with Crippen LogP contribution in [0.4, 0.5) is 0 Å². The largest absolute Gasteiger partial charge is 0.415 e. The first-order valence-corrected chi connectivity index (χ1v) is 47.8. The molecule has 2 fully saturated rings. The molecule has 0 aliphatic carbocycles. The Hall–Kier alpha value is 1.30. The molecule has 2 saturated heterocycles. The molecule has 55 heavy (non-hydrogen) atoms. The van der Waals surface area contributed by atoms with Crippen LogP contribution in [0.3, 0.4) is 0 Å². The second-order valence-electron chi connectivity index (χ2n) is 23.2. The van der Waals surface area contributed by atoms with Crippen molar-refractivity contribution in [1.82, 2.24) is 0 Å². The van der Waals surface area contributed by atoms with Crippen molar-refractivity contribution >= 4 is 66.5 Å². The summed E-state index contributed by atoms with van der Waals surface area (Å²) in [4.78, 5) is 0. The molecule has 19 heteroatoms. The van der Waals surface area contributed by atoms with Gasteiger partial charge in [0, 0.05) is 0 Å². The topological polar surface area (TPSA) is 102 Å². The van der Waals surface area contributed by atoms with E-state index in [-0.39, 0.29) is 0 Å². The van der Waals surface area contributed by atoms with Gasteiger partial charge in [0.15, 0.2) is 79.1 Å². The summed E-state index contributed by atoms with van der Waals surface area (Å²) in [5.74, 6) is 0. The van der Waals surface area contributed by atoms with Gasteiger partial charge in [-0.3, -0.25) is 0 Å². The highest BCUT2D eigenvalue weighted by molar-refractivity contribution is 6.72. The van der Waals surface area contributed by atoms with E-state index < -0.39 is 128 Å². The van der Waals surface area contributed by atoms with Crippen molar-refractivity contribution < 1.29 is 49.6 Å². The first kappa shape index (κ1) is 52.4. The SMILES string of the molecule is C[Si](C)(C)OCC1O[C@H](O[C@H]2OC(CO[Si](C)(C)C)[C@@H](O[Si](C)(C)C)C(O[Si](C)(C)C)C2O[Si](C)(C)C)C(O[Si](C)(C)C)C(O[Si](C)(C)C)[C@@H]1O[Si](C)(C)C. The summed E-state index contributed by atoms with van der Waals surface area (Å²) in [5.41, 5.74) is 0. The summed E-state index contributed by atoms with van der Waals surface area (Å²) in [7, 11) is -16.9. The van der Waals surface area contributed by atoms with Crippen molar-refractivity contribution in [2.75, 3.05) is 13.2 Å². The van der Waals surface area contributed by atoms with E-state index in [1.807, 2.05) is 0 Å². The van der Waals surface area contributed by atoms with Crippen LogP contribution in [0, 0.1) is 0 Å². The van der Waals surface area contributed by atoms with Crippen LogP contribution >= 0.6 is 0 Å². The van der Waals surface area contributed by atoms with Crippen molar-refractivity contribution in [3.63, 3.8) is 0 Å². The van der Waals surface area contributed by atoms with Crippen molar-refractivity contribution in [1.29, 1.82) is 0 Å². The van der Waals surface area contributed by atoms with Crippen LogP contribution < -0.4 is 0 Å². The first-order chi connectivity index (χ1) is 24.2. The highest BCUT2D eigenvalue weighted by Crippen LogP contribution is 2.39. The molecule has 11 nitrogen and oxygen atoms in total. The maximum absolute atomic E-state index is 7.26. The first-order valence-electron chi connectivity index (χ1n) is 20.5. The second-order valence-corrected chi connectivity index (χ2v) is 59.0. The zero-order valence-electron chi connectivity index (χ0n) is 39.7. The molecule has 0 bridgehead atoms. The van der Waals surface area contributed by atoms with E-state index in [9.17, 15) is 0 Å². The third kappa shape index (κ3) is 20.6. The van der Waals surface area contributed by atoms with Crippen LogP contribution in [0.25, 0.3) is 0 Å². The van der Waals surface area contributed by atoms with E-state index in [4.69, 9.17) is 49.6 Å². The van der Waals surface area contributed by atoms with Gasteiger partial charge in [-0.05, 0) is 157 Å². The molecule has 0 amide bonds. The number of rotatable bonds is 20. The molecule has 0 saturated carbocycles. The van der Waals surface area contributed by atoms with Crippen LogP contribution in [0.2, 0.25) is 157 Å². The van der Waals surface area contributed by atoms with Gasteiger partial charge in [-0.2, -0.15) is 0 Å². The van der Waals surface area contributed by atoms with Gasteiger partial charge in [0.2, 0.25) is 0 Å². The average Bonchev–Trinajstić information content (AvgIpc) is 2.88. The van der Waals surface area contributed by atoms with Crippen LogP contribution in [0.5, 0.6) is 0 Å². The molecule has 2 heterocycles. The summed E-state index contributed by atoms with van der Waals surface area (Å²) in [5, 5.41) is 0. The Kier molecular flexibility index (Phi) is 18.2. The second kappa shape index (κ2) is 19.1. The fourth-order valence-corrected chi connectivity index (χ4v) is 14.1. The summed E-state index contributed by atoms with van der Waals surface area (Å²) in [6.45, 7) is 53.6. The summed E-state index contributed by atoms with van der Waals surface area (Å²) in [6.07, 6.45) is -5.59. The molecule has 328 valence electrons. The minimum absolute atomic E-state index is 0.358. The molecule has 0 spiro atoms. The average molecular weight is 920 g/mol. The third-order valence-electron chi connectivity index (χ3n) is 7.75. The van der Waals surface area contributed by atoms with Gasteiger partial charge in [-0.25, -0.2) is 0 Å². The van der Waals surface area contributed by atoms with Crippen LogP contribution in [0.1, 0.15) is 0 Å². The zero-order valence-corrected chi connectivity index (χ0v) is 47.7. The molecule has 2 rings (SSSR count). The van der Waals surface area contributed by atoms with Crippen molar-refractivity contribution in [3.8, 4) is 0 Å². The van der Waals surface area contributed by atoms with E-state index in [1.54, 1.807) is 0 Å². The van der Waals surface area contributed by atoms with Gasteiger partial charge < -0.3 is 49.6 Å². The van der Waals surface area contributed by atoms with Crippen molar-refractivity contribution in [2.24, 2.45) is 0 Å². The fourth-order valence-electron chi connectivity index (χ4n) is 6.29. The quantitative estimate of drug-likeness (QED) is 0.109. The maximum atomic E-state index is 7.26. The van der Waals surface area contributed by atoms with E-state index in [0.717, 1.165) is 0 Å². The molecule has 2 aliphatic rings.